The zero-order valence-electron chi connectivity index (χ0n) is 10.9. The minimum absolute atomic E-state index is 0.0307. The highest BCUT2D eigenvalue weighted by atomic mass is 16.2. The van der Waals surface area contributed by atoms with Crippen molar-refractivity contribution in [2.24, 2.45) is 7.05 Å². The summed E-state index contributed by atoms with van der Waals surface area (Å²) in [6.07, 6.45) is 8.82. The molecule has 0 spiro atoms. The standard InChI is InChI=1S/C14H16N4O/c1-17-8-2-3-12(17)10-18(11-4-5-11)14(19)13-9-15-6-7-16-13/h2-3,6-9,11H,4-5,10H2,1H3. The third-order valence-corrected chi connectivity index (χ3v) is 3.41. The van der Waals surface area contributed by atoms with Crippen molar-refractivity contribution < 1.29 is 4.79 Å². The van der Waals surface area contributed by atoms with Crippen molar-refractivity contribution in [3.8, 4) is 0 Å². The Morgan fingerprint density at radius 1 is 1.47 bits per heavy atom. The topological polar surface area (TPSA) is 51.0 Å². The molecule has 0 unspecified atom stereocenters. The molecular weight excluding hydrogens is 240 g/mol. The van der Waals surface area contributed by atoms with Crippen LogP contribution in [0.4, 0.5) is 0 Å². The third-order valence-electron chi connectivity index (χ3n) is 3.41. The quantitative estimate of drug-likeness (QED) is 0.835. The molecule has 3 rings (SSSR count). The summed E-state index contributed by atoms with van der Waals surface area (Å²) in [6, 6.07) is 4.39. The van der Waals surface area contributed by atoms with Crippen LogP contribution in [0.1, 0.15) is 29.0 Å². The summed E-state index contributed by atoms with van der Waals surface area (Å²) in [5, 5.41) is 0. The van der Waals surface area contributed by atoms with Crippen LogP contribution in [0.25, 0.3) is 0 Å². The van der Waals surface area contributed by atoms with Crippen molar-refractivity contribution in [2.45, 2.75) is 25.4 Å². The first-order valence-electron chi connectivity index (χ1n) is 6.43. The smallest absolute Gasteiger partial charge is 0.274 e. The van der Waals surface area contributed by atoms with Gasteiger partial charge in [-0.15, -0.1) is 0 Å². The summed E-state index contributed by atoms with van der Waals surface area (Å²) in [5.74, 6) is -0.0307. The second kappa shape index (κ2) is 4.84. The Kier molecular flexibility index (Phi) is 3.03. The van der Waals surface area contributed by atoms with Crippen LogP contribution in [-0.4, -0.2) is 31.4 Å². The van der Waals surface area contributed by atoms with E-state index in [1.807, 2.05) is 34.8 Å². The molecule has 2 aromatic heterocycles. The van der Waals surface area contributed by atoms with Crippen molar-refractivity contribution in [1.82, 2.24) is 19.4 Å². The number of hydrogen-bond donors (Lipinski definition) is 0. The van der Waals surface area contributed by atoms with Crippen LogP contribution in [0.3, 0.4) is 0 Å². The normalized spacial score (nSPS) is 14.4. The van der Waals surface area contributed by atoms with Gasteiger partial charge in [-0.05, 0) is 25.0 Å². The summed E-state index contributed by atoms with van der Waals surface area (Å²) >= 11 is 0. The van der Waals surface area contributed by atoms with E-state index >= 15 is 0 Å². The zero-order valence-corrected chi connectivity index (χ0v) is 10.9. The van der Waals surface area contributed by atoms with E-state index in [4.69, 9.17) is 0 Å². The summed E-state index contributed by atoms with van der Waals surface area (Å²) in [7, 11) is 1.99. The van der Waals surface area contributed by atoms with E-state index in [2.05, 4.69) is 9.97 Å². The minimum atomic E-state index is -0.0307. The van der Waals surface area contributed by atoms with Gasteiger partial charge in [0.1, 0.15) is 5.69 Å². The van der Waals surface area contributed by atoms with Gasteiger partial charge in [0.2, 0.25) is 0 Å². The molecule has 98 valence electrons. The first kappa shape index (κ1) is 11.9. The molecule has 2 aromatic rings. The van der Waals surface area contributed by atoms with Gasteiger partial charge in [0, 0.05) is 37.4 Å². The summed E-state index contributed by atoms with van der Waals surface area (Å²) in [6.45, 7) is 0.629. The SMILES string of the molecule is Cn1cccc1CN(C(=O)c1cnccn1)C1CC1. The first-order chi connectivity index (χ1) is 9.25. The van der Waals surface area contributed by atoms with Crippen molar-refractivity contribution in [2.75, 3.05) is 0 Å². The molecule has 2 heterocycles. The Morgan fingerprint density at radius 3 is 2.89 bits per heavy atom. The first-order valence-corrected chi connectivity index (χ1v) is 6.43. The number of aromatic nitrogens is 3. The van der Waals surface area contributed by atoms with Crippen LogP contribution >= 0.6 is 0 Å². The van der Waals surface area contributed by atoms with Gasteiger partial charge in [0.05, 0.1) is 12.7 Å². The number of carbonyl (C=O) groups excluding carboxylic acids is 1. The largest absolute Gasteiger partial charge is 0.353 e. The van der Waals surface area contributed by atoms with Gasteiger partial charge in [0.25, 0.3) is 5.91 Å². The van der Waals surface area contributed by atoms with E-state index in [1.54, 1.807) is 12.4 Å². The Balaban J connectivity index is 1.82. The van der Waals surface area contributed by atoms with Crippen molar-refractivity contribution >= 4 is 5.91 Å². The van der Waals surface area contributed by atoms with Gasteiger partial charge < -0.3 is 9.47 Å². The van der Waals surface area contributed by atoms with E-state index in [0.29, 0.717) is 18.3 Å². The molecule has 5 nitrogen and oxygen atoms in total. The van der Waals surface area contributed by atoms with E-state index in [0.717, 1.165) is 18.5 Å². The minimum Gasteiger partial charge on any atom is -0.353 e. The highest BCUT2D eigenvalue weighted by Gasteiger charge is 2.34. The lowest BCUT2D eigenvalue weighted by atomic mass is 10.3. The molecule has 0 aromatic carbocycles. The van der Waals surface area contributed by atoms with E-state index < -0.39 is 0 Å². The molecule has 1 saturated carbocycles. The Morgan fingerprint density at radius 2 is 2.32 bits per heavy atom. The molecule has 0 radical (unpaired) electrons. The van der Waals surface area contributed by atoms with Gasteiger partial charge in [0.15, 0.2) is 0 Å². The van der Waals surface area contributed by atoms with Crippen LogP contribution in [0.15, 0.2) is 36.9 Å². The molecule has 0 aliphatic heterocycles. The van der Waals surface area contributed by atoms with E-state index in [9.17, 15) is 4.79 Å². The third kappa shape index (κ3) is 2.50. The molecule has 0 bridgehead atoms. The van der Waals surface area contributed by atoms with Gasteiger partial charge in [-0.1, -0.05) is 0 Å². The van der Waals surface area contributed by atoms with Crippen molar-refractivity contribution in [3.05, 3.63) is 48.3 Å². The van der Waals surface area contributed by atoms with E-state index in [1.165, 1.54) is 6.20 Å². The van der Waals surface area contributed by atoms with Crippen LogP contribution in [0.2, 0.25) is 0 Å². The van der Waals surface area contributed by atoms with Gasteiger partial charge in [-0.2, -0.15) is 0 Å². The zero-order chi connectivity index (χ0) is 13.2. The van der Waals surface area contributed by atoms with Crippen LogP contribution < -0.4 is 0 Å². The fourth-order valence-electron chi connectivity index (χ4n) is 2.14. The predicted octanol–water partition coefficient (Wildman–Crippen LogP) is 1.62. The maximum absolute atomic E-state index is 12.5. The molecular formula is C14H16N4O. The van der Waals surface area contributed by atoms with E-state index in [-0.39, 0.29) is 5.91 Å². The average Bonchev–Trinajstić information content (AvgIpc) is 3.20. The molecule has 1 fully saturated rings. The maximum Gasteiger partial charge on any atom is 0.274 e. The van der Waals surface area contributed by atoms with Gasteiger partial charge >= 0.3 is 0 Å². The lowest BCUT2D eigenvalue weighted by Gasteiger charge is -2.22. The van der Waals surface area contributed by atoms with Crippen LogP contribution in [-0.2, 0) is 13.6 Å². The molecule has 1 aliphatic rings. The van der Waals surface area contributed by atoms with Crippen molar-refractivity contribution in [3.63, 3.8) is 0 Å². The average molecular weight is 256 g/mol. The number of aryl methyl sites for hydroxylation is 1. The maximum atomic E-state index is 12.5. The highest BCUT2D eigenvalue weighted by molar-refractivity contribution is 5.92. The number of carbonyl (C=O) groups is 1. The molecule has 0 N–H and O–H groups in total. The molecule has 0 atom stereocenters. The highest BCUT2D eigenvalue weighted by Crippen LogP contribution is 2.29. The van der Waals surface area contributed by atoms with Gasteiger partial charge in [-0.25, -0.2) is 4.98 Å². The Hall–Kier alpha value is -2.17. The summed E-state index contributed by atoms with van der Waals surface area (Å²) in [4.78, 5) is 22.4. The molecule has 5 heteroatoms. The molecule has 19 heavy (non-hydrogen) atoms. The molecule has 1 amide bonds. The van der Waals surface area contributed by atoms with Crippen LogP contribution in [0.5, 0.6) is 0 Å². The summed E-state index contributed by atoms with van der Waals surface area (Å²) in [5.41, 5.74) is 1.55. The van der Waals surface area contributed by atoms with Gasteiger partial charge in [-0.3, -0.25) is 9.78 Å². The number of nitrogens with zero attached hydrogens (tertiary/aromatic N) is 4. The Labute approximate surface area is 111 Å². The fraction of sp³-hybridized carbons (Fsp3) is 0.357. The Bertz CT molecular complexity index is 574. The number of hydrogen-bond acceptors (Lipinski definition) is 3. The lowest BCUT2D eigenvalue weighted by Crippen LogP contribution is -2.33. The fourth-order valence-corrected chi connectivity index (χ4v) is 2.14. The van der Waals surface area contributed by atoms with Crippen molar-refractivity contribution in [1.29, 1.82) is 0 Å². The lowest BCUT2D eigenvalue weighted by molar-refractivity contribution is 0.0720. The second-order valence-corrected chi connectivity index (χ2v) is 4.87. The monoisotopic (exact) mass is 256 g/mol. The van der Waals surface area contributed by atoms with Crippen LogP contribution in [0, 0.1) is 0 Å². The predicted molar refractivity (Wildman–Crippen MR) is 70.3 cm³/mol. The molecule has 0 saturated heterocycles. The number of rotatable bonds is 4. The number of amides is 1. The second-order valence-electron chi connectivity index (χ2n) is 4.87. The molecule has 1 aliphatic carbocycles. The summed E-state index contributed by atoms with van der Waals surface area (Å²) < 4.78 is 2.04.